The van der Waals surface area contributed by atoms with E-state index in [2.05, 4.69) is 4.98 Å². The second-order valence-corrected chi connectivity index (χ2v) is 8.31. The van der Waals surface area contributed by atoms with Gasteiger partial charge in [-0.25, -0.2) is 4.98 Å². The lowest BCUT2D eigenvalue weighted by molar-refractivity contribution is -0.142. The predicted octanol–water partition coefficient (Wildman–Crippen LogP) is 1.74. The monoisotopic (exact) mass is 405 g/mol. The van der Waals surface area contributed by atoms with Gasteiger partial charge in [-0.15, -0.1) is 0 Å². The molecule has 0 N–H and O–H groups in total. The third-order valence-corrected chi connectivity index (χ3v) is 4.94. The van der Waals surface area contributed by atoms with Crippen LogP contribution in [0.15, 0.2) is 18.3 Å². The molecule has 2 saturated heterocycles. The van der Waals surface area contributed by atoms with E-state index in [9.17, 15) is 9.59 Å². The summed E-state index contributed by atoms with van der Waals surface area (Å²) < 4.78 is 16.6. The largest absolute Gasteiger partial charge is 0.475 e. The number of carbonyl (C=O) groups excluding carboxylic acids is 2. The van der Waals surface area contributed by atoms with Gasteiger partial charge in [0.1, 0.15) is 12.7 Å². The quantitative estimate of drug-likeness (QED) is 0.671. The minimum Gasteiger partial charge on any atom is -0.475 e. The van der Waals surface area contributed by atoms with Gasteiger partial charge in [0, 0.05) is 45.0 Å². The van der Waals surface area contributed by atoms with Crippen LogP contribution < -0.4 is 4.74 Å². The van der Waals surface area contributed by atoms with Crippen LogP contribution in [0.5, 0.6) is 5.88 Å². The highest BCUT2D eigenvalue weighted by atomic mass is 16.5. The molecule has 0 aliphatic carbocycles. The normalized spacial score (nSPS) is 20.0. The Labute approximate surface area is 172 Å². The minimum absolute atomic E-state index is 0.0493. The Kier molecular flexibility index (Phi) is 7.08. The topological polar surface area (TPSA) is 81.2 Å². The minimum atomic E-state index is -0.303. The van der Waals surface area contributed by atoms with Crippen molar-refractivity contribution in [2.45, 2.75) is 45.3 Å². The van der Waals surface area contributed by atoms with Crippen molar-refractivity contribution in [1.29, 1.82) is 0 Å². The number of amides is 2. The molecule has 29 heavy (non-hydrogen) atoms. The number of hydrogen-bond donors (Lipinski definition) is 0. The molecule has 0 bridgehead atoms. The van der Waals surface area contributed by atoms with Gasteiger partial charge in [-0.1, -0.05) is 0 Å². The molecule has 2 fully saturated rings. The number of ether oxygens (including phenoxy) is 3. The van der Waals surface area contributed by atoms with E-state index in [1.54, 1.807) is 21.9 Å². The predicted molar refractivity (Wildman–Crippen MR) is 107 cm³/mol. The van der Waals surface area contributed by atoms with E-state index in [0.717, 1.165) is 12.8 Å². The molecule has 0 spiro atoms. The second-order valence-electron chi connectivity index (χ2n) is 8.31. The van der Waals surface area contributed by atoms with Crippen molar-refractivity contribution in [2.24, 2.45) is 0 Å². The first-order valence-corrected chi connectivity index (χ1v) is 10.3. The summed E-state index contributed by atoms with van der Waals surface area (Å²) in [6, 6.07) is 3.42. The first-order valence-electron chi connectivity index (χ1n) is 10.3. The average molecular weight is 405 g/mol. The fourth-order valence-corrected chi connectivity index (χ4v) is 3.37. The van der Waals surface area contributed by atoms with Crippen molar-refractivity contribution in [3.63, 3.8) is 0 Å². The fraction of sp³-hybridized carbons (Fsp3) is 0.667. The number of hydrogen-bond acceptors (Lipinski definition) is 6. The molecule has 2 aliphatic heterocycles. The Morgan fingerprint density at radius 2 is 1.86 bits per heavy atom. The molecule has 160 valence electrons. The van der Waals surface area contributed by atoms with Gasteiger partial charge in [0.15, 0.2) is 0 Å². The lowest BCUT2D eigenvalue weighted by Gasteiger charge is -2.35. The zero-order chi connectivity index (χ0) is 20.9. The molecule has 2 aliphatic rings. The van der Waals surface area contributed by atoms with Crippen molar-refractivity contribution in [2.75, 3.05) is 46.0 Å². The number of pyridine rings is 1. The van der Waals surface area contributed by atoms with Gasteiger partial charge >= 0.3 is 0 Å². The van der Waals surface area contributed by atoms with E-state index < -0.39 is 0 Å². The molecule has 8 heteroatoms. The van der Waals surface area contributed by atoms with E-state index in [4.69, 9.17) is 14.2 Å². The molecular formula is C21H31N3O5. The van der Waals surface area contributed by atoms with E-state index in [-0.39, 0.29) is 23.5 Å². The van der Waals surface area contributed by atoms with Crippen molar-refractivity contribution < 1.29 is 23.8 Å². The Bertz CT molecular complexity index is 687. The third-order valence-electron chi connectivity index (χ3n) is 4.94. The Morgan fingerprint density at radius 1 is 1.14 bits per heavy atom. The van der Waals surface area contributed by atoms with Gasteiger partial charge < -0.3 is 24.0 Å². The average Bonchev–Trinajstić information content (AvgIpc) is 3.25. The SMILES string of the molecule is CC(C)(C)OCCOc1ccc(C(=O)N2CCN(C(=O)C3CCCO3)CC2)cn1. The molecule has 1 unspecified atom stereocenters. The summed E-state index contributed by atoms with van der Waals surface area (Å²) in [5, 5.41) is 0. The van der Waals surface area contributed by atoms with Crippen LogP contribution in [0.1, 0.15) is 44.0 Å². The molecule has 3 heterocycles. The fourth-order valence-electron chi connectivity index (χ4n) is 3.37. The maximum absolute atomic E-state index is 12.7. The number of rotatable bonds is 6. The lowest BCUT2D eigenvalue weighted by atomic mass is 10.2. The molecule has 8 nitrogen and oxygen atoms in total. The first-order chi connectivity index (χ1) is 13.8. The zero-order valence-electron chi connectivity index (χ0n) is 17.6. The molecule has 0 radical (unpaired) electrons. The Morgan fingerprint density at radius 3 is 2.45 bits per heavy atom. The molecule has 2 amide bonds. The summed E-state index contributed by atoms with van der Waals surface area (Å²) in [7, 11) is 0. The van der Waals surface area contributed by atoms with Crippen LogP contribution in [-0.4, -0.2) is 84.3 Å². The first kappa shape index (κ1) is 21.5. The molecule has 0 aromatic carbocycles. The van der Waals surface area contributed by atoms with Crippen molar-refractivity contribution >= 4 is 11.8 Å². The zero-order valence-corrected chi connectivity index (χ0v) is 17.6. The van der Waals surface area contributed by atoms with Gasteiger partial charge in [0.25, 0.3) is 11.8 Å². The van der Waals surface area contributed by atoms with Crippen LogP contribution in [0.3, 0.4) is 0 Å². The molecule has 0 saturated carbocycles. The molecule has 1 aromatic heterocycles. The van der Waals surface area contributed by atoms with Gasteiger partial charge in [0.05, 0.1) is 17.8 Å². The number of piperazine rings is 1. The Balaban J connectivity index is 1.44. The number of carbonyl (C=O) groups is 2. The lowest BCUT2D eigenvalue weighted by Crippen LogP contribution is -2.52. The van der Waals surface area contributed by atoms with Gasteiger partial charge in [0.2, 0.25) is 5.88 Å². The van der Waals surface area contributed by atoms with Gasteiger partial charge in [-0.05, 0) is 39.7 Å². The summed E-state index contributed by atoms with van der Waals surface area (Å²) in [6.07, 6.45) is 2.96. The van der Waals surface area contributed by atoms with Crippen molar-refractivity contribution in [3.05, 3.63) is 23.9 Å². The van der Waals surface area contributed by atoms with Gasteiger partial charge in [-0.2, -0.15) is 0 Å². The van der Waals surface area contributed by atoms with Crippen LogP contribution in [-0.2, 0) is 14.3 Å². The summed E-state index contributed by atoms with van der Waals surface area (Å²) in [5.41, 5.74) is 0.313. The third kappa shape index (κ3) is 6.14. The highest BCUT2D eigenvalue weighted by molar-refractivity contribution is 5.94. The summed E-state index contributed by atoms with van der Waals surface area (Å²) in [4.78, 5) is 32.9. The summed E-state index contributed by atoms with van der Waals surface area (Å²) in [6.45, 7) is 9.60. The van der Waals surface area contributed by atoms with Crippen LogP contribution in [0.25, 0.3) is 0 Å². The van der Waals surface area contributed by atoms with Crippen LogP contribution in [0.2, 0.25) is 0 Å². The van der Waals surface area contributed by atoms with Crippen molar-refractivity contribution in [3.8, 4) is 5.88 Å². The Hall–Kier alpha value is -2.19. The van der Waals surface area contributed by atoms with Gasteiger partial charge in [-0.3, -0.25) is 9.59 Å². The number of aromatic nitrogens is 1. The molecular weight excluding hydrogens is 374 g/mol. The van der Waals surface area contributed by atoms with E-state index in [0.29, 0.717) is 57.4 Å². The van der Waals surface area contributed by atoms with E-state index >= 15 is 0 Å². The maximum Gasteiger partial charge on any atom is 0.255 e. The smallest absolute Gasteiger partial charge is 0.255 e. The van der Waals surface area contributed by atoms with Crippen LogP contribution in [0, 0.1) is 0 Å². The highest BCUT2D eigenvalue weighted by Gasteiger charge is 2.31. The van der Waals surface area contributed by atoms with Crippen molar-refractivity contribution in [1.82, 2.24) is 14.8 Å². The van der Waals surface area contributed by atoms with Crippen LogP contribution >= 0.6 is 0 Å². The maximum atomic E-state index is 12.7. The molecule has 1 atom stereocenters. The summed E-state index contributed by atoms with van der Waals surface area (Å²) in [5.74, 6) is 0.434. The van der Waals surface area contributed by atoms with Crippen LogP contribution in [0.4, 0.5) is 0 Å². The standard InChI is InChI=1S/C21H31N3O5/c1-21(2,3)29-14-13-28-18-7-6-16(15-22-18)19(25)23-8-10-24(11-9-23)20(26)17-5-4-12-27-17/h6-7,15,17H,4-5,8-14H2,1-3H3. The molecule has 3 rings (SSSR count). The molecule has 1 aromatic rings. The number of nitrogens with zero attached hydrogens (tertiary/aromatic N) is 3. The second kappa shape index (κ2) is 9.54. The van der Waals surface area contributed by atoms with E-state index in [1.165, 1.54) is 6.20 Å². The summed E-state index contributed by atoms with van der Waals surface area (Å²) >= 11 is 0. The highest BCUT2D eigenvalue weighted by Crippen LogP contribution is 2.17. The van der Waals surface area contributed by atoms with E-state index in [1.807, 2.05) is 20.8 Å².